The maximum atomic E-state index is 2.41. The minimum atomic E-state index is 0.280. The molecule has 0 N–H and O–H groups in total. The van der Waals surface area contributed by atoms with E-state index in [-0.39, 0.29) is 6.71 Å². The highest BCUT2D eigenvalue weighted by Gasteiger charge is 2.38. The summed E-state index contributed by atoms with van der Waals surface area (Å²) in [6.07, 6.45) is 0. The van der Waals surface area contributed by atoms with E-state index in [9.17, 15) is 0 Å². The van der Waals surface area contributed by atoms with E-state index in [4.69, 9.17) is 0 Å². The van der Waals surface area contributed by atoms with Gasteiger partial charge in [0.25, 0.3) is 0 Å². The Hall–Kier alpha value is -3.84. The molecular formula is C30H17B. The maximum absolute atomic E-state index is 2.41. The summed E-state index contributed by atoms with van der Waals surface area (Å²) in [5.41, 5.74) is 9.89. The molecule has 0 amide bonds. The van der Waals surface area contributed by atoms with Crippen molar-refractivity contribution in [3.63, 3.8) is 0 Å². The first-order chi connectivity index (χ1) is 15.4. The molecule has 0 spiro atoms. The van der Waals surface area contributed by atoms with Gasteiger partial charge in [-0.05, 0) is 60.6 Å². The van der Waals surface area contributed by atoms with E-state index in [1.807, 2.05) is 0 Å². The average molecular weight is 388 g/mol. The molecule has 0 bridgehead atoms. The van der Waals surface area contributed by atoms with Crippen molar-refractivity contribution < 1.29 is 0 Å². The van der Waals surface area contributed by atoms with E-state index < -0.39 is 0 Å². The van der Waals surface area contributed by atoms with Gasteiger partial charge in [-0.15, -0.1) is 0 Å². The fraction of sp³-hybridized carbons (Fsp3) is 0. The van der Waals surface area contributed by atoms with Gasteiger partial charge in [0, 0.05) is 0 Å². The first-order valence-electron chi connectivity index (χ1n) is 11.0. The molecule has 0 nitrogen and oxygen atoms in total. The number of benzene rings is 6. The molecule has 6 aromatic carbocycles. The molecule has 0 atom stereocenters. The highest BCUT2D eigenvalue weighted by molar-refractivity contribution is 7.01. The Labute approximate surface area is 180 Å². The summed E-state index contributed by atoms with van der Waals surface area (Å²) in [7, 11) is 0. The fourth-order valence-corrected chi connectivity index (χ4v) is 6.28. The minimum absolute atomic E-state index is 0.280. The van der Waals surface area contributed by atoms with Gasteiger partial charge >= 0.3 is 0 Å². The number of rotatable bonds is 0. The summed E-state index contributed by atoms with van der Waals surface area (Å²) < 4.78 is 0. The lowest BCUT2D eigenvalue weighted by Crippen LogP contribution is -2.57. The Bertz CT molecular complexity index is 1740. The molecule has 6 aromatic rings. The summed E-state index contributed by atoms with van der Waals surface area (Å²) in [6.45, 7) is 0.280. The predicted molar refractivity (Wildman–Crippen MR) is 134 cm³/mol. The van der Waals surface area contributed by atoms with Crippen LogP contribution in [0.25, 0.3) is 54.6 Å². The second kappa shape index (κ2) is 5.44. The second-order valence-corrected chi connectivity index (χ2v) is 8.87. The van der Waals surface area contributed by atoms with Crippen molar-refractivity contribution in [2.75, 3.05) is 0 Å². The van der Waals surface area contributed by atoms with Gasteiger partial charge in [0.1, 0.15) is 0 Å². The van der Waals surface area contributed by atoms with Crippen LogP contribution in [0.2, 0.25) is 0 Å². The molecule has 1 heteroatoms. The standard InChI is InChI=1S/C30H17B/c1-2-10-20-19(7-1)17-25-21-11-3-4-13-26(21)31-27-14-6-9-18-8-5-12-22(28(18)27)24-16-15-23(20)29(25)30(24)31/h1-17H. The van der Waals surface area contributed by atoms with Crippen LogP contribution in [-0.2, 0) is 0 Å². The largest absolute Gasteiger partial charge is 0.244 e. The third-order valence-corrected chi connectivity index (χ3v) is 7.45. The summed E-state index contributed by atoms with van der Waals surface area (Å²) in [6, 6.07) is 38.6. The first kappa shape index (κ1) is 15.9. The monoisotopic (exact) mass is 388 g/mol. The van der Waals surface area contributed by atoms with Crippen LogP contribution in [0.3, 0.4) is 0 Å². The molecular weight excluding hydrogens is 371 g/mol. The van der Waals surface area contributed by atoms with Gasteiger partial charge < -0.3 is 0 Å². The molecule has 0 fully saturated rings. The van der Waals surface area contributed by atoms with Gasteiger partial charge in [0.05, 0.1) is 0 Å². The van der Waals surface area contributed by atoms with Crippen LogP contribution in [0.1, 0.15) is 0 Å². The van der Waals surface area contributed by atoms with Gasteiger partial charge in [-0.1, -0.05) is 113 Å². The summed E-state index contributed by atoms with van der Waals surface area (Å²) in [5, 5.41) is 8.23. The summed E-state index contributed by atoms with van der Waals surface area (Å²) in [5.74, 6) is 0. The van der Waals surface area contributed by atoms with E-state index in [1.54, 1.807) is 0 Å². The average Bonchev–Trinajstić information content (AvgIpc) is 2.84. The number of fused-ring (bicyclic) bond motifs is 7. The molecule has 0 unspecified atom stereocenters. The van der Waals surface area contributed by atoms with E-state index in [2.05, 4.69) is 103 Å². The smallest absolute Gasteiger partial charge is 0.0664 e. The molecule has 2 heterocycles. The third-order valence-electron chi connectivity index (χ3n) is 7.45. The van der Waals surface area contributed by atoms with Gasteiger partial charge in [0.15, 0.2) is 0 Å². The van der Waals surface area contributed by atoms with Crippen LogP contribution in [0.5, 0.6) is 0 Å². The maximum Gasteiger partial charge on any atom is 0.244 e. The Balaban J connectivity index is 1.69. The molecule has 0 aliphatic carbocycles. The molecule has 0 radical (unpaired) electrons. The Morgan fingerprint density at radius 2 is 1.16 bits per heavy atom. The zero-order valence-electron chi connectivity index (χ0n) is 16.9. The van der Waals surface area contributed by atoms with Crippen LogP contribution in [-0.4, -0.2) is 6.71 Å². The van der Waals surface area contributed by atoms with Crippen molar-refractivity contribution >= 4 is 55.4 Å². The molecule has 0 saturated carbocycles. The zero-order chi connectivity index (χ0) is 20.1. The highest BCUT2D eigenvalue weighted by atomic mass is 14.3. The van der Waals surface area contributed by atoms with Crippen LogP contribution >= 0.6 is 0 Å². The van der Waals surface area contributed by atoms with Gasteiger partial charge in [0.2, 0.25) is 6.71 Å². The molecule has 2 aliphatic rings. The topological polar surface area (TPSA) is 0 Å². The third kappa shape index (κ3) is 1.84. The van der Waals surface area contributed by atoms with Crippen molar-refractivity contribution in [3.8, 4) is 22.3 Å². The van der Waals surface area contributed by atoms with Gasteiger partial charge in [-0.3, -0.25) is 0 Å². The molecule has 2 aliphatic heterocycles. The molecule has 0 aromatic heterocycles. The minimum Gasteiger partial charge on any atom is -0.0664 e. The second-order valence-electron chi connectivity index (χ2n) is 8.87. The van der Waals surface area contributed by atoms with E-state index >= 15 is 0 Å². The van der Waals surface area contributed by atoms with Crippen molar-refractivity contribution in [3.05, 3.63) is 103 Å². The molecule has 140 valence electrons. The lowest BCUT2D eigenvalue weighted by atomic mass is 9.31. The zero-order valence-corrected chi connectivity index (χ0v) is 16.9. The van der Waals surface area contributed by atoms with Crippen LogP contribution in [0.4, 0.5) is 0 Å². The van der Waals surface area contributed by atoms with Crippen LogP contribution in [0, 0.1) is 0 Å². The van der Waals surface area contributed by atoms with Crippen LogP contribution < -0.4 is 16.4 Å². The Morgan fingerprint density at radius 3 is 2.13 bits per heavy atom. The molecule has 0 saturated heterocycles. The summed E-state index contributed by atoms with van der Waals surface area (Å²) >= 11 is 0. The summed E-state index contributed by atoms with van der Waals surface area (Å²) in [4.78, 5) is 0. The van der Waals surface area contributed by atoms with Crippen molar-refractivity contribution in [2.45, 2.75) is 0 Å². The van der Waals surface area contributed by atoms with E-state index in [0.29, 0.717) is 0 Å². The van der Waals surface area contributed by atoms with Crippen molar-refractivity contribution in [1.82, 2.24) is 0 Å². The molecule has 8 rings (SSSR count). The van der Waals surface area contributed by atoms with Crippen LogP contribution in [0.15, 0.2) is 103 Å². The highest BCUT2D eigenvalue weighted by Crippen LogP contribution is 2.41. The Morgan fingerprint density at radius 1 is 0.419 bits per heavy atom. The number of hydrogen-bond acceptors (Lipinski definition) is 0. The first-order valence-corrected chi connectivity index (χ1v) is 11.0. The lowest BCUT2D eigenvalue weighted by Gasteiger charge is -2.34. The fourth-order valence-electron chi connectivity index (χ4n) is 6.28. The lowest BCUT2D eigenvalue weighted by molar-refractivity contribution is 1.65. The van der Waals surface area contributed by atoms with Gasteiger partial charge in [-0.2, -0.15) is 0 Å². The normalized spacial score (nSPS) is 13.1. The SMILES string of the molecule is c1ccc2c(c1)B1c3cccc4cccc(c34)-c3ccc4c(c-2cc2ccccc24)c31. The van der Waals surface area contributed by atoms with Crippen molar-refractivity contribution in [2.24, 2.45) is 0 Å². The number of hydrogen-bond donors (Lipinski definition) is 0. The quantitative estimate of drug-likeness (QED) is 0.234. The van der Waals surface area contributed by atoms with Crippen molar-refractivity contribution in [1.29, 1.82) is 0 Å². The van der Waals surface area contributed by atoms with Gasteiger partial charge in [-0.25, -0.2) is 0 Å². The predicted octanol–water partition coefficient (Wildman–Crippen LogP) is 5.62. The van der Waals surface area contributed by atoms with E-state index in [1.165, 1.54) is 71.0 Å². The Kier molecular flexibility index (Phi) is 2.80. The molecule has 31 heavy (non-hydrogen) atoms. The van der Waals surface area contributed by atoms with E-state index in [0.717, 1.165) is 0 Å².